The van der Waals surface area contributed by atoms with Gasteiger partial charge in [-0.25, -0.2) is 18.4 Å². The van der Waals surface area contributed by atoms with Crippen molar-refractivity contribution in [2.75, 3.05) is 11.6 Å². The number of anilines is 1. The number of nitrogens with zero attached hydrogens (tertiary/aromatic N) is 2. The highest BCUT2D eigenvalue weighted by molar-refractivity contribution is 9.10. The van der Waals surface area contributed by atoms with Crippen LogP contribution in [-0.4, -0.2) is 30.5 Å². The monoisotopic (exact) mass is 403 g/mol. The van der Waals surface area contributed by atoms with E-state index in [4.69, 9.17) is 11.6 Å². The van der Waals surface area contributed by atoms with Crippen molar-refractivity contribution in [2.24, 2.45) is 0 Å². The zero-order chi connectivity index (χ0) is 16.5. The summed E-state index contributed by atoms with van der Waals surface area (Å²) in [6.45, 7) is 1.84. The van der Waals surface area contributed by atoms with E-state index in [1.807, 2.05) is 6.92 Å². The van der Waals surface area contributed by atoms with Crippen molar-refractivity contribution in [3.63, 3.8) is 0 Å². The Morgan fingerprint density at radius 2 is 2.05 bits per heavy atom. The molecule has 1 amide bonds. The van der Waals surface area contributed by atoms with Gasteiger partial charge in [0.15, 0.2) is 0 Å². The van der Waals surface area contributed by atoms with Gasteiger partial charge in [0, 0.05) is 23.2 Å². The summed E-state index contributed by atoms with van der Waals surface area (Å²) in [5, 5.41) is 2.70. The summed E-state index contributed by atoms with van der Waals surface area (Å²) >= 11 is 9.12. The summed E-state index contributed by atoms with van der Waals surface area (Å²) in [5.74, 6) is -0.570. The first-order valence-electron chi connectivity index (χ1n) is 5.98. The second-order valence-electron chi connectivity index (χ2n) is 4.54. The molecule has 1 heterocycles. The van der Waals surface area contributed by atoms with Crippen molar-refractivity contribution in [3.05, 3.63) is 45.1 Å². The molecule has 1 aromatic heterocycles. The fourth-order valence-electron chi connectivity index (χ4n) is 1.55. The molecular weight excluding hydrogens is 394 g/mol. The van der Waals surface area contributed by atoms with Gasteiger partial charge in [-0.1, -0.05) is 17.7 Å². The number of hydrogen-bond acceptors (Lipinski definition) is 5. The molecule has 0 saturated carbocycles. The highest BCUT2D eigenvalue weighted by atomic mass is 79.9. The molecule has 0 fully saturated rings. The smallest absolute Gasteiger partial charge is 0.275 e. The minimum Gasteiger partial charge on any atom is -0.321 e. The highest BCUT2D eigenvalue weighted by Gasteiger charge is 2.18. The molecule has 116 valence electrons. The number of carbonyl (C=O) groups excluding carboxylic acids is 1. The molecular formula is C13H11BrClN3O3S. The van der Waals surface area contributed by atoms with Crippen LogP contribution in [0.1, 0.15) is 16.1 Å². The third kappa shape index (κ3) is 3.82. The number of sulfone groups is 1. The van der Waals surface area contributed by atoms with Crippen LogP contribution in [-0.2, 0) is 9.84 Å². The lowest BCUT2D eigenvalue weighted by molar-refractivity contribution is 0.102. The van der Waals surface area contributed by atoms with Crippen LogP contribution in [0.4, 0.5) is 5.69 Å². The van der Waals surface area contributed by atoms with E-state index < -0.39 is 20.9 Å². The molecule has 1 aromatic carbocycles. The molecule has 0 aliphatic carbocycles. The van der Waals surface area contributed by atoms with Crippen LogP contribution >= 0.6 is 27.5 Å². The fraction of sp³-hybridized carbons (Fsp3) is 0.154. The minimum absolute atomic E-state index is 0.0767. The Bertz CT molecular complexity index is 856. The Balaban J connectivity index is 2.35. The molecule has 9 heteroatoms. The molecule has 6 nitrogen and oxygen atoms in total. The lowest BCUT2D eigenvalue weighted by Crippen LogP contribution is -2.17. The van der Waals surface area contributed by atoms with E-state index in [1.165, 1.54) is 6.20 Å². The number of aromatic nitrogens is 2. The van der Waals surface area contributed by atoms with Gasteiger partial charge in [0.2, 0.25) is 15.0 Å². The summed E-state index contributed by atoms with van der Waals surface area (Å²) in [6, 6.07) is 5.04. The maximum Gasteiger partial charge on any atom is 0.275 e. The van der Waals surface area contributed by atoms with Crippen LogP contribution in [0, 0.1) is 6.92 Å². The van der Waals surface area contributed by atoms with Crippen molar-refractivity contribution in [1.29, 1.82) is 0 Å². The second kappa shape index (κ2) is 6.31. The Morgan fingerprint density at radius 1 is 1.36 bits per heavy atom. The molecule has 0 spiro atoms. The van der Waals surface area contributed by atoms with Crippen LogP contribution in [0.5, 0.6) is 0 Å². The van der Waals surface area contributed by atoms with Gasteiger partial charge < -0.3 is 5.32 Å². The molecule has 1 N–H and O–H groups in total. The molecule has 0 atom stereocenters. The van der Waals surface area contributed by atoms with E-state index in [1.54, 1.807) is 18.2 Å². The van der Waals surface area contributed by atoms with Gasteiger partial charge in [0.25, 0.3) is 5.91 Å². The molecule has 2 aromatic rings. The van der Waals surface area contributed by atoms with E-state index in [2.05, 4.69) is 31.2 Å². The predicted molar refractivity (Wildman–Crippen MR) is 87.0 cm³/mol. The molecule has 0 unspecified atom stereocenters. The van der Waals surface area contributed by atoms with Crippen molar-refractivity contribution in [2.45, 2.75) is 12.1 Å². The average molecular weight is 405 g/mol. The number of amides is 1. The number of aryl methyl sites for hydroxylation is 1. The van der Waals surface area contributed by atoms with E-state index in [-0.39, 0.29) is 10.2 Å². The van der Waals surface area contributed by atoms with Gasteiger partial charge >= 0.3 is 0 Å². The standard InChI is InChI=1S/C13H11BrClN3O3S/c1-7-3-4-8(5-10(7)15)17-12(19)11-9(14)6-16-13(18-11)22(2,20)21/h3-6H,1-2H3,(H,17,19). The molecule has 22 heavy (non-hydrogen) atoms. The molecule has 0 radical (unpaired) electrons. The van der Waals surface area contributed by atoms with E-state index in [0.717, 1.165) is 11.8 Å². The third-order valence-electron chi connectivity index (χ3n) is 2.70. The van der Waals surface area contributed by atoms with Crippen LogP contribution in [0.15, 0.2) is 34.0 Å². The van der Waals surface area contributed by atoms with Crippen LogP contribution in [0.3, 0.4) is 0 Å². The van der Waals surface area contributed by atoms with Gasteiger partial charge in [-0.05, 0) is 40.5 Å². The van der Waals surface area contributed by atoms with Crippen molar-refractivity contribution in [3.8, 4) is 0 Å². The third-order valence-corrected chi connectivity index (χ3v) is 4.55. The van der Waals surface area contributed by atoms with Gasteiger partial charge in [-0.3, -0.25) is 4.79 Å². The molecule has 0 aliphatic heterocycles. The van der Waals surface area contributed by atoms with E-state index in [9.17, 15) is 13.2 Å². The van der Waals surface area contributed by atoms with E-state index >= 15 is 0 Å². The lowest BCUT2D eigenvalue weighted by Gasteiger charge is -2.08. The Hall–Kier alpha value is -1.51. The van der Waals surface area contributed by atoms with Crippen molar-refractivity contribution in [1.82, 2.24) is 9.97 Å². The summed E-state index contributed by atoms with van der Waals surface area (Å²) in [7, 11) is -3.60. The first-order chi connectivity index (χ1) is 10.2. The van der Waals surface area contributed by atoms with Gasteiger partial charge in [0.05, 0.1) is 4.47 Å². The summed E-state index contributed by atoms with van der Waals surface area (Å²) in [6.07, 6.45) is 2.19. The molecule has 0 saturated heterocycles. The molecule has 0 aliphatic rings. The topological polar surface area (TPSA) is 89.0 Å². The van der Waals surface area contributed by atoms with Crippen LogP contribution < -0.4 is 5.32 Å². The number of nitrogens with one attached hydrogen (secondary N) is 1. The normalized spacial score (nSPS) is 11.3. The van der Waals surface area contributed by atoms with Crippen LogP contribution in [0.25, 0.3) is 0 Å². The first-order valence-corrected chi connectivity index (χ1v) is 9.05. The largest absolute Gasteiger partial charge is 0.321 e. The van der Waals surface area contributed by atoms with Crippen molar-refractivity contribution >= 4 is 49.0 Å². The Labute approximate surface area is 141 Å². The number of halogens is 2. The van der Waals surface area contributed by atoms with Crippen LogP contribution in [0.2, 0.25) is 5.02 Å². The first kappa shape index (κ1) is 16.9. The average Bonchev–Trinajstić information content (AvgIpc) is 2.42. The Morgan fingerprint density at radius 3 is 2.64 bits per heavy atom. The Kier molecular flexibility index (Phi) is 4.84. The maximum atomic E-state index is 12.2. The number of rotatable bonds is 3. The zero-order valence-electron chi connectivity index (χ0n) is 11.6. The predicted octanol–water partition coefficient (Wildman–Crippen LogP) is 2.86. The SMILES string of the molecule is Cc1ccc(NC(=O)c2nc(S(C)(=O)=O)ncc2Br)cc1Cl. The number of carbonyl (C=O) groups is 1. The summed E-state index contributed by atoms with van der Waals surface area (Å²) in [5.41, 5.74) is 1.28. The number of hydrogen-bond donors (Lipinski definition) is 1. The number of benzene rings is 1. The maximum absolute atomic E-state index is 12.2. The highest BCUT2D eigenvalue weighted by Crippen LogP contribution is 2.22. The van der Waals surface area contributed by atoms with Gasteiger partial charge in [0.1, 0.15) is 5.69 Å². The molecule has 2 rings (SSSR count). The zero-order valence-corrected chi connectivity index (χ0v) is 14.8. The summed E-state index contributed by atoms with van der Waals surface area (Å²) < 4.78 is 23.2. The molecule has 0 bridgehead atoms. The lowest BCUT2D eigenvalue weighted by atomic mass is 10.2. The van der Waals surface area contributed by atoms with E-state index in [0.29, 0.717) is 10.7 Å². The van der Waals surface area contributed by atoms with Crippen molar-refractivity contribution < 1.29 is 13.2 Å². The minimum atomic E-state index is -3.60. The summed E-state index contributed by atoms with van der Waals surface area (Å²) in [4.78, 5) is 19.7. The van der Waals surface area contributed by atoms with Gasteiger partial charge in [-0.2, -0.15) is 0 Å². The fourth-order valence-corrected chi connectivity index (χ4v) is 2.60. The second-order valence-corrected chi connectivity index (χ2v) is 7.71. The quantitative estimate of drug-likeness (QED) is 0.795. The van der Waals surface area contributed by atoms with Gasteiger partial charge in [-0.15, -0.1) is 0 Å².